The molecular formula is C16H24ClNO2. The highest BCUT2D eigenvalue weighted by Gasteiger charge is 2.37. The van der Waals surface area contributed by atoms with Gasteiger partial charge in [0.25, 0.3) is 0 Å². The van der Waals surface area contributed by atoms with E-state index >= 15 is 0 Å². The second-order valence-corrected chi connectivity index (χ2v) is 6.10. The molecule has 112 valence electrons. The predicted molar refractivity (Wildman–Crippen MR) is 82.3 cm³/mol. The molecule has 1 aromatic rings. The van der Waals surface area contributed by atoms with Crippen LogP contribution >= 0.6 is 11.6 Å². The van der Waals surface area contributed by atoms with E-state index in [-0.39, 0.29) is 5.54 Å². The molecule has 1 aliphatic rings. The van der Waals surface area contributed by atoms with Crippen molar-refractivity contribution >= 4 is 11.6 Å². The third kappa shape index (κ3) is 3.53. The highest BCUT2D eigenvalue weighted by molar-refractivity contribution is 6.30. The number of hydrogen-bond donors (Lipinski definition) is 1. The highest BCUT2D eigenvalue weighted by Crippen LogP contribution is 2.27. The van der Waals surface area contributed by atoms with Crippen LogP contribution in [-0.2, 0) is 11.2 Å². The summed E-state index contributed by atoms with van der Waals surface area (Å²) in [5.74, 6) is 0. The summed E-state index contributed by atoms with van der Waals surface area (Å²) in [6.45, 7) is 7.55. The quantitative estimate of drug-likeness (QED) is 0.907. The molecule has 2 unspecified atom stereocenters. The topological polar surface area (TPSA) is 32.7 Å². The van der Waals surface area contributed by atoms with Crippen LogP contribution in [0.2, 0.25) is 5.02 Å². The number of morpholine rings is 1. The molecule has 4 heteroatoms. The van der Waals surface area contributed by atoms with Crippen LogP contribution in [0.5, 0.6) is 0 Å². The number of ether oxygens (including phenoxy) is 1. The summed E-state index contributed by atoms with van der Waals surface area (Å²) in [5.41, 5.74) is 0.865. The second-order valence-electron chi connectivity index (χ2n) is 5.66. The summed E-state index contributed by atoms with van der Waals surface area (Å²) in [4.78, 5) is 2.35. The van der Waals surface area contributed by atoms with Crippen molar-refractivity contribution in [1.29, 1.82) is 0 Å². The molecule has 1 aliphatic heterocycles. The molecular weight excluding hydrogens is 274 g/mol. The SMILES string of the molecule is CCC(C)(C(O)Cc1cccc(Cl)c1)N1CCOCC1. The Morgan fingerprint density at radius 3 is 2.70 bits per heavy atom. The number of nitrogens with zero attached hydrogens (tertiary/aromatic N) is 1. The molecule has 0 amide bonds. The number of aliphatic hydroxyl groups excluding tert-OH is 1. The van der Waals surface area contributed by atoms with Crippen molar-refractivity contribution in [2.24, 2.45) is 0 Å². The molecule has 0 radical (unpaired) electrons. The van der Waals surface area contributed by atoms with E-state index in [4.69, 9.17) is 16.3 Å². The van der Waals surface area contributed by atoms with Crippen molar-refractivity contribution < 1.29 is 9.84 Å². The predicted octanol–water partition coefficient (Wildman–Crippen LogP) is 2.74. The zero-order chi connectivity index (χ0) is 14.6. The zero-order valence-electron chi connectivity index (χ0n) is 12.3. The van der Waals surface area contributed by atoms with E-state index in [2.05, 4.69) is 18.7 Å². The van der Waals surface area contributed by atoms with Crippen molar-refractivity contribution in [2.75, 3.05) is 26.3 Å². The van der Waals surface area contributed by atoms with Gasteiger partial charge in [-0.15, -0.1) is 0 Å². The van der Waals surface area contributed by atoms with Crippen molar-refractivity contribution in [3.8, 4) is 0 Å². The lowest BCUT2D eigenvalue weighted by atomic mass is 9.85. The van der Waals surface area contributed by atoms with E-state index in [1.807, 2.05) is 24.3 Å². The first-order chi connectivity index (χ1) is 9.56. The van der Waals surface area contributed by atoms with Gasteiger partial charge in [-0.25, -0.2) is 0 Å². The third-order valence-corrected chi connectivity index (χ3v) is 4.72. The standard InChI is InChI=1S/C16H24ClNO2/c1-3-16(2,18-7-9-20-10-8-18)15(19)12-13-5-4-6-14(17)11-13/h4-6,11,15,19H,3,7-10,12H2,1-2H3. The Balaban J connectivity index is 2.09. The summed E-state index contributed by atoms with van der Waals surface area (Å²) in [6, 6.07) is 7.74. The van der Waals surface area contributed by atoms with Crippen molar-refractivity contribution in [2.45, 2.75) is 38.3 Å². The van der Waals surface area contributed by atoms with Crippen LogP contribution in [0.4, 0.5) is 0 Å². The average Bonchev–Trinajstić information content (AvgIpc) is 2.47. The molecule has 2 atom stereocenters. The average molecular weight is 298 g/mol. The first kappa shape index (κ1) is 15.8. The molecule has 0 aromatic heterocycles. The van der Waals surface area contributed by atoms with Gasteiger partial charge in [-0.1, -0.05) is 30.7 Å². The van der Waals surface area contributed by atoms with Crippen LogP contribution in [0.3, 0.4) is 0 Å². The Kier molecular flexibility index (Phi) is 5.44. The van der Waals surface area contributed by atoms with Crippen molar-refractivity contribution in [1.82, 2.24) is 4.90 Å². The molecule has 20 heavy (non-hydrogen) atoms. The molecule has 0 aliphatic carbocycles. The van der Waals surface area contributed by atoms with Gasteiger partial charge < -0.3 is 9.84 Å². The third-order valence-electron chi connectivity index (χ3n) is 4.49. The van der Waals surface area contributed by atoms with Gasteiger partial charge in [0.2, 0.25) is 0 Å². The largest absolute Gasteiger partial charge is 0.391 e. The van der Waals surface area contributed by atoms with Gasteiger partial charge in [0.05, 0.1) is 19.3 Å². The molecule has 0 saturated carbocycles. The van der Waals surface area contributed by atoms with E-state index in [9.17, 15) is 5.11 Å². The minimum Gasteiger partial charge on any atom is -0.391 e. The van der Waals surface area contributed by atoms with Gasteiger partial charge in [-0.2, -0.15) is 0 Å². The first-order valence-corrected chi connectivity index (χ1v) is 7.69. The van der Waals surface area contributed by atoms with E-state index in [0.29, 0.717) is 6.42 Å². The minimum absolute atomic E-state index is 0.216. The maximum atomic E-state index is 10.7. The zero-order valence-corrected chi connectivity index (χ0v) is 13.1. The van der Waals surface area contributed by atoms with E-state index in [0.717, 1.165) is 43.3 Å². The fourth-order valence-corrected chi connectivity index (χ4v) is 3.06. The minimum atomic E-state index is -0.413. The fraction of sp³-hybridized carbons (Fsp3) is 0.625. The molecule has 1 saturated heterocycles. The first-order valence-electron chi connectivity index (χ1n) is 7.31. The lowest BCUT2D eigenvalue weighted by Crippen LogP contribution is -2.58. The Labute approximate surface area is 126 Å². The van der Waals surface area contributed by atoms with E-state index in [1.165, 1.54) is 0 Å². The highest BCUT2D eigenvalue weighted by atomic mass is 35.5. The van der Waals surface area contributed by atoms with Crippen molar-refractivity contribution in [3.63, 3.8) is 0 Å². The summed E-state index contributed by atoms with van der Waals surface area (Å²) >= 11 is 6.02. The second kappa shape index (κ2) is 6.90. The lowest BCUT2D eigenvalue weighted by molar-refractivity contribution is -0.0714. The Bertz CT molecular complexity index is 434. The number of hydrogen-bond acceptors (Lipinski definition) is 3. The van der Waals surface area contributed by atoms with Crippen molar-refractivity contribution in [3.05, 3.63) is 34.9 Å². The molecule has 1 heterocycles. The number of benzene rings is 1. The number of aliphatic hydroxyl groups is 1. The molecule has 0 bridgehead atoms. The summed E-state index contributed by atoms with van der Waals surface area (Å²) in [5, 5.41) is 11.5. The fourth-order valence-electron chi connectivity index (χ4n) is 2.85. The van der Waals surface area contributed by atoms with Gasteiger partial charge in [0, 0.05) is 30.1 Å². The smallest absolute Gasteiger partial charge is 0.0761 e. The Hall–Kier alpha value is -0.610. The van der Waals surface area contributed by atoms with E-state index < -0.39 is 6.10 Å². The lowest BCUT2D eigenvalue weighted by Gasteiger charge is -2.46. The van der Waals surface area contributed by atoms with Gasteiger partial charge in [0.15, 0.2) is 0 Å². The normalized spacial score (nSPS) is 21.4. The Morgan fingerprint density at radius 2 is 2.10 bits per heavy atom. The van der Waals surface area contributed by atoms with Gasteiger partial charge >= 0.3 is 0 Å². The monoisotopic (exact) mass is 297 g/mol. The van der Waals surface area contributed by atoms with Crippen LogP contribution < -0.4 is 0 Å². The summed E-state index contributed by atoms with van der Waals surface area (Å²) < 4.78 is 5.41. The molecule has 1 N–H and O–H groups in total. The molecule has 1 fully saturated rings. The van der Waals surface area contributed by atoms with Crippen LogP contribution in [0, 0.1) is 0 Å². The van der Waals surface area contributed by atoms with Gasteiger partial charge in [0.1, 0.15) is 0 Å². The number of halogens is 1. The molecule has 3 nitrogen and oxygen atoms in total. The summed E-state index contributed by atoms with van der Waals surface area (Å²) in [7, 11) is 0. The number of rotatable bonds is 5. The summed E-state index contributed by atoms with van der Waals surface area (Å²) in [6.07, 6.45) is 1.13. The van der Waals surface area contributed by atoms with Gasteiger partial charge in [-0.3, -0.25) is 4.90 Å². The molecule has 1 aromatic carbocycles. The van der Waals surface area contributed by atoms with Gasteiger partial charge in [-0.05, 0) is 31.0 Å². The van der Waals surface area contributed by atoms with Crippen LogP contribution in [-0.4, -0.2) is 48.0 Å². The maximum Gasteiger partial charge on any atom is 0.0761 e. The Morgan fingerprint density at radius 1 is 1.40 bits per heavy atom. The molecule has 2 rings (SSSR count). The van der Waals surface area contributed by atoms with Crippen LogP contribution in [0.25, 0.3) is 0 Å². The van der Waals surface area contributed by atoms with E-state index in [1.54, 1.807) is 0 Å². The van der Waals surface area contributed by atoms with Crippen LogP contribution in [0.15, 0.2) is 24.3 Å². The maximum absolute atomic E-state index is 10.7. The molecule has 0 spiro atoms. The van der Waals surface area contributed by atoms with Crippen LogP contribution in [0.1, 0.15) is 25.8 Å².